The summed E-state index contributed by atoms with van der Waals surface area (Å²) in [6.07, 6.45) is 39.3. The Hall–Kier alpha value is -1.06. The third-order valence-electron chi connectivity index (χ3n) is 8.56. The molecule has 0 bridgehead atoms. The lowest BCUT2D eigenvalue weighted by Gasteiger charge is -2.17. The maximum absolute atomic E-state index is 12.2. The van der Waals surface area contributed by atoms with Crippen LogP contribution in [0.15, 0.2) is 0 Å². The molecule has 0 fully saturated rings. The van der Waals surface area contributed by atoms with Crippen LogP contribution in [-0.4, -0.2) is 23.1 Å². The number of aliphatic carboxylic acids is 1. The number of esters is 1. The van der Waals surface area contributed by atoms with Gasteiger partial charge in [0.15, 0.2) is 0 Å². The predicted molar refractivity (Wildman–Crippen MR) is 177 cm³/mol. The summed E-state index contributed by atoms with van der Waals surface area (Å²) >= 11 is 0. The van der Waals surface area contributed by atoms with Gasteiger partial charge in [0.1, 0.15) is 6.10 Å². The van der Waals surface area contributed by atoms with E-state index in [4.69, 9.17) is 9.84 Å². The summed E-state index contributed by atoms with van der Waals surface area (Å²) in [5.74, 6) is -0.778. The molecule has 1 unspecified atom stereocenters. The van der Waals surface area contributed by atoms with E-state index >= 15 is 0 Å². The molecule has 244 valence electrons. The Labute approximate surface area is 256 Å². The maximum Gasteiger partial charge on any atom is 0.306 e. The van der Waals surface area contributed by atoms with E-state index in [0.29, 0.717) is 12.8 Å². The second kappa shape index (κ2) is 33.4. The molecule has 0 radical (unpaired) electrons. The van der Waals surface area contributed by atoms with Gasteiger partial charge in [0.25, 0.3) is 0 Å². The lowest BCUT2D eigenvalue weighted by Crippen LogP contribution is -2.18. The van der Waals surface area contributed by atoms with Gasteiger partial charge in [0, 0.05) is 12.8 Å². The molecule has 0 heterocycles. The first-order valence-corrected chi connectivity index (χ1v) is 18.5. The zero-order valence-corrected chi connectivity index (χ0v) is 27.9. The lowest BCUT2D eigenvalue weighted by atomic mass is 10.0. The predicted octanol–water partition coefficient (Wildman–Crippen LogP) is 12.5. The van der Waals surface area contributed by atoms with E-state index in [2.05, 4.69) is 13.8 Å². The van der Waals surface area contributed by atoms with E-state index in [1.807, 2.05) is 0 Å². The zero-order valence-electron chi connectivity index (χ0n) is 27.9. The minimum atomic E-state index is -0.730. The average molecular weight is 581 g/mol. The van der Waals surface area contributed by atoms with Crippen LogP contribution in [0.3, 0.4) is 0 Å². The first kappa shape index (κ1) is 39.9. The molecule has 0 spiro atoms. The molecule has 0 aromatic carbocycles. The van der Waals surface area contributed by atoms with Gasteiger partial charge in [-0.05, 0) is 32.1 Å². The Morgan fingerprint density at radius 3 is 1.15 bits per heavy atom. The van der Waals surface area contributed by atoms with Gasteiger partial charge >= 0.3 is 11.9 Å². The smallest absolute Gasteiger partial charge is 0.306 e. The normalized spacial score (nSPS) is 12.0. The number of ether oxygens (including phenoxy) is 1. The molecule has 0 aromatic rings. The SMILES string of the molecule is CCCCCCCCCCCCCCCCCCCCCCCCCCC(=O)OC(CCC)CCCCCC(=O)O. The van der Waals surface area contributed by atoms with Gasteiger partial charge in [0.05, 0.1) is 0 Å². The molecular formula is C37H72O4. The van der Waals surface area contributed by atoms with Gasteiger partial charge < -0.3 is 9.84 Å². The number of unbranched alkanes of at least 4 members (excludes halogenated alkanes) is 25. The third-order valence-corrected chi connectivity index (χ3v) is 8.56. The summed E-state index contributed by atoms with van der Waals surface area (Å²) < 4.78 is 5.72. The highest BCUT2D eigenvalue weighted by Gasteiger charge is 2.13. The van der Waals surface area contributed by atoms with Gasteiger partial charge in [-0.25, -0.2) is 0 Å². The number of carboxylic acids is 1. The highest BCUT2D eigenvalue weighted by Crippen LogP contribution is 2.17. The summed E-state index contributed by atoms with van der Waals surface area (Å²) in [7, 11) is 0. The summed E-state index contributed by atoms with van der Waals surface area (Å²) in [4.78, 5) is 22.8. The van der Waals surface area contributed by atoms with Crippen molar-refractivity contribution in [3.8, 4) is 0 Å². The molecule has 1 atom stereocenters. The Morgan fingerprint density at radius 1 is 0.439 bits per heavy atom. The number of carboxylic acid groups (broad SMARTS) is 1. The Balaban J connectivity index is 3.34. The number of carbonyl (C=O) groups excluding carboxylic acids is 1. The van der Waals surface area contributed by atoms with Crippen LogP contribution in [0.4, 0.5) is 0 Å². The van der Waals surface area contributed by atoms with E-state index in [9.17, 15) is 9.59 Å². The third kappa shape index (κ3) is 33.3. The molecule has 4 nitrogen and oxygen atoms in total. The first-order chi connectivity index (χ1) is 20.1. The molecule has 0 aromatic heterocycles. The standard InChI is InChI=1S/C37H72O4/c1-3-5-6-7-8-9-10-11-12-13-14-15-16-17-18-19-20-21-22-23-24-25-26-30-34-37(40)41-35(31-4-2)32-28-27-29-33-36(38)39/h35H,3-34H2,1-2H3,(H,38,39). The molecule has 41 heavy (non-hydrogen) atoms. The summed E-state index contributed by atoms with van der Waals surface area (Å²) in [5, 5.41) is 8.73. The molecule has 1 N–H and O–H groups in total. The van der Waals surface area contributed by atoms with Gasteiger partial charge in [-0.15, -0.1) is 0 Å². The number of rotatable bonds is 34. The second-order valence-corrected chi connectivity index (χ2v) is 12.8. The quantitative estimate of drug-likeness (QED) is 0.0607. The minimum Gasteiger partial charge on any atom is -0.481 e. The van der Waals surface area contributed by atoms with Crippen molar-refractivity contribution in [2.45, 2.75) is 225 Å². The van der Waals surface area contributed by atoms with Crippen LogP contribution in [0.2, 0.25) is 0 Å². The Morgan fingerprint density at radius 2 is 0.780 bits per heavy atom. The van der Waals surface area contributed by atoms with Gasteiger partial charge in [-0.3, -0.25) is 9.59 Å². The summed E-state index contributed by atoms with van der Waals surface area (Å²) in [6.45, 7) is 4.41. The van der Waals surface area contributed by atoms with Gasteiger partial charge in [0.2, 0.25) is 0 Å². The summed E-state index contributed by atoms with van der Waals surface area (Å²) in [5.41, 5.74) is 0. The van der Waals surface area contributed by atoms with Gasteiger partial charge in [-0.2, -0.15) is 0 Å². The highest BCUT2D eigenvalue weighted by molar-refractivity contribution is 5.69. The van der Waals surface area contributed by atoms with E-state index in [0.717, 1.165) is 44.9 Å². The zero-order chi connectivity index (χ0) is 30.1. The lowest BCUT2D eigenvalue weighted by molar-refractivity contribution is -0.150. The Kier molecular flexibility index (Phi) is 32.6. The fraction of sp³-hybridized carbons (Fsp3) is 0.946. The highest BCUT2D eigenvalue weighted by atomic mass is 16.5. The molecule has 0 rings (SSSR count). The van der Waals surface area contributed by atoms with Crippen LogP contribution in [0.25, 0.3) is 0 Å². The minimum absolute atomic E-state index is 0.00620. The van der Waals surface area contributed by atoms with Crippen molar-refractivity contribution >= 4 is 11.9 Å². The van der Waals surface area contributed by atoms with Crippen LogP contribution in [-0.2, 0) is 14.3 Å². The molecule has 0 amide bonds. The van der Waals surface area contributed by atoms with Crippen molar-refractivity contribution < 1.29 is 19.4 Å². The van der Waals surface area contributed by atoms with Crippen molar-refractivity contribution in [2.75, 3.05) is 0 Å². The largest absolute Gasteiger partial charge is 0.481 e. The van der Waals surface area contributed by atoms with Gasteiger partial charge in [-0.1, -0.05) is 174 Å². The number of carbonyl (C=O) groups is 2. The fourth-order valence-corrected chi connectivity index (χ4v) is 5.89. The molecule has 0 saturated carbocycles. The summed E-state index contributed by atoms with van der Waals surface area (Å²) in [6, 6.07) is 0. The Bertz CT molecular complexity index is 547. The van der Waals surface area contributed by atoms with Crippen molar-refractivity contribution in [1.82, 2.24) is 0 Å². The average Bonchev–Trinajstić information content (AvgIpc) is 2.95. The number of hydrogen-bond donors (Lipinski definition) is 1. The monoisotopic (exact) mass is 581 g/mol. The van der Waals surface area contributed by atoms with Crippen LogP contribution in [0.1, 0.15) is 219 Å². The van der Waals surface area contributed by atoms with Crippen molar-refractivity contribution in [3.05, 3.63) is 0 Å². The van der Waals surface area contributed by atoms with E-state index in [-0.39, 0.29) is 18.5 Å². The van der Waals surface area contributed by atoms with E-state index in [1.54, 1.807) is 0 Å². The molecular weight excluding hydrogens is 508 g/mol. The first-order valence-electron chi connectivity index (χ1n) is 18.5. The van der Waals surface area contributed by atoms with Crippen LogP contribution in [0.5, 0.6) is 0 Å². The second-order valence-electron chi connectivity index (χ2n) is 12.8. The topological polar surface area (TPSA) is 63.6 Å². The van der Waals surface area contributed by atoms with Crippen LogP contribution >= 0.6 is 0 Å². The molecule has 0 aliphatic rings. The van der Waals surface area contributed by atoms with Crippen molar-refractivity contribution in [1.29, 1.82) is 0 Å². The molecule has 0 aliphatic heterocycles. The fourth-order valence-electron chi connectivity index (χ4n) is 5.89. The van der Waals surface area contributed by atoms with Crippen LogP contribution in [0, 0.1) is 0 Å². The molecule has 0 saturated heterocycles. The van der Waals surface area contributed by atoms with E-state index in [1.165, 1.54) is 141 Å². The number of hydrogen-bond acceptors (Lipinski definition) is 3. The molecule has 0 aliphatic carbocycles. The maximum atomic E-state index is 12.2. The van der Waals surface area contributed by atoms with Crippen LogP contribution < -0.4 is 0 Å². The molecule has 4 heteroatoms. The van der Waals surface area contributed by atoms with E-state index < -0.39 is 5.97 Å². The van der Waals surface area contributed by atoms with Crippen molar-refractivity contribution in [2.24, 2.45) is 0 Å². The van der Waals surface area contributed by atoms with Crippen molar-refractivity contribution in [3.63, 3.8) is 0 Å².